The maximum Gasteiger partial charge on any atom is 0.221 e. The van der Waals surface area contributed by atoms with E-state index < -0.39 is 0 Å². The van der Waals surface area contributed by atoms with Crippen molar-refractivity contribution in [1.29, 1.82) is 0 Å². The van der Waals surface area contributed by atoms with Crippen molar-refractivity contribution in [1.82, 2.24) is 15.2 Å². The van der Waals surface area contributed by atoms with E-state index in [1.54, 1.807) is 11.3 Å². The SMILES string of the molecule is Cl.NCCC(=O)NCC1CCCCN1Cc1ccc(-c2nc3ccccc3s2)o1. The molecule has 6 nitrogen and oxygen atoms in total. The number of nitrogens with two attached hydrogens (primary N) is 1. The van der Waals surface area contributed by atoms with Gasteiger partial charge in [0.25, 0.3) is 0 Å². The van der Waals surface area contributed by atoms with Gasteiger partial charge >= 0.3 is 0 Å². The van der Waals surface area contributed by atoms with Gasteiger partial charge in [0, 0.05) is 25.6 Å². The van der Waals surface area contributed by atoms with Gasteiger partial charge in [0.15, 0.2) is 10.8 Å². The van der Waals surface area contributed by atoms with Gasteiger partial charge in [0.2, 0.25) is 5.91 Å². The van der Waals surface area contributed by atoms with Crippen LogP contribution < -0.4 is 11.1 Å². The minimum absolute atomic E-state index is 0. The number of benzene rings is 1. The van der Waals surface area contributed by atoms with E-state index in [2.05, 4.69) is 21.3 Å². The Balaban J connectivity index is 0.00000240. The topological polar surface area (TPSA) is 84.4 Å². The quantitative estimate of drug-likeness (QED) is 0.590. The van der Waals surface area contributed by atoms with Gasteiger partial charge < -0.3 is 15.5 Å². The fourth-order valence-electron chi connectivity index (χ4n) is 3.71. The normalized spacial score (nSPS) is 17.2. The predicted molar refractivity (Wildman–Crippen MR) is 119 cm³/mol. The van der Waals surface area contributed by atoms with Crippen LogP contribution in [0, 0.1) is 0 Å². The summed E-state index contributed by atoms with van der Waals surface area (Å²) < 4.78 is 7.28. The molecule has 156 valence electrons. The molecule has 3 aromatic rings. The smallest absolute Gasteiger partial charge is 0.221 e. The molecule has 29 heavy (non-hydrogen) atoms. The number of aromatic nitrogens is 1. The highest BCUT2D eigenvalue weighted by Gasteiger charge is 2.24. The van der Waals surface area contributed by atoms with Crippen LogP contribution in [-0.2, 0) is 11.3 Å². The van der Waals surface area contributed by atoms with Gasteiger partial charge in [-0.15, -0.1) is 23.7 Å². The number of nitrogens with one attached hydrogen (secondary N) is 1. The summed E-state index contributed by atoms with van der Waals surface area (Å²) in [5.74, 6) is 1.79. The third kappa shape index (κ3) is 5.36. The lowest BCUT2D eigenvalue weighted by atomic mass is 10.0. The number of furan rings is 1. The summed E-state index contributed by atoms with van der Waals surface area (Å²) in [7, 11) is 0. The molecule has 2 aromatic heterocycles. The Morgan fingerprint density at radius 1 is 1.28 bits per heavy atom. The summed E-state index contributed by atoms with van der Waals surface area (Å²) in [6.07, 6.45) is 3.85. The molecule has 1 aliphatic rings. The first kappa shape index (κ1) is 21.8. The van der Waals surface area contributed by atoms with E-state index in [-0.39, 0.29) is 18.3 Å². The lowest BCUT2D eigenvalue weighted by molar-refractivity contribution is -0.121. The van der Waals surface area contributed by atoms with E-state index in [9.17, 15) is 4.79 Å². The highest BCUT2D eigenvalue weighted by atomic mass is 35.5. The predicted octanol–water partition coefficient (Wildman–Crippen LogP) is 3.80. The average molecular weight is 435 g/mol. The number of hydrogen-bond donors (Lipinski definition) is 2. The molecule has 1 saturated heterocycles. The fraction of sp³-hybridized carbons (Fsp3) is 0.429. The molecule has 4 rings (SSSR count). The monoisotopic (exact) mass is 434 g/mol. The van der Waals surface area contributed by atoms with Crippen molar-refractivity contribution in [3.63, 3.8) is 0 Å². The second kappa shape index (κ2) is 10.2. The summed E-state index contributed by atoms with van der Waals surface area (Å²) in [6, 6.07) is 12.5. The molecule has 1 amide bonds. The number of nitrogens with zero attached hydrogens (tertiary/aromatic N) is 2. The molecule has 0 radical (unpaired) electrons. The highest BCUT2D eigenvalue weighted by molar-refractivity contribution is 7.21. The maximum atomic E-state index is 11.8. The average Bonchev–Trinajstić information content (AvgIpc) is 3.34. The highest BCUT2D eigenvalue weighted by Crippen LogP contribution is 2.31. The molecule has 1 aliphatic heterocycles. The van der Waals surface area contributed by atoms with Crippen LogP contribution in [0.1, 0.15) is 31.4 Å². The van der Waals surface area contributed by atoms with E-state index in [1.165, 1.54) is 17.5 Å². The van der Waals surface area contributed by atoms with E-state index in [0.29, 0.717) is 25.6 Å². The van der Waals surface area contributed by atoms with Gasteiger partial charge in [-0.05, 0) is 43.7 Å². The van der Waals surface area contributed by atoms with Crippen LogP contribution in [0.25, 0.3) is 21.0 Å². The Hall–Kier alpha value is -1.93. The third-order valence-corrected chi connectivity index (χ3v) is 6.23. The number of thiazole rings is 1. The van der Waals surface area contributed by atoms with Gasteiger partial charge in [-0.3, -0.25) is 9.69 Å². The van der Waals surface area contributed by atoms with Crippen LogP contribution in [-0.4, -0.2) is 41.5 Å². The number of piperidine rings is 1. The Bertz CT molecular complexity index is 909. The van der Waals surface area contributed by atoms with Gasteiger partial charge in [-0.1, -0.05) is 18.6 Å². The maximum absolute atomic E-state index is 11.8. The molecule has 0 spiro atoms. The zero-order chi connectivity index (χ0) is 19.3. The molecule has 3 heterocycles. The van der Waals surface area contributed by atoms with Crippen LogP contribution in [0.3, 0.4) is 0 Å². The Kier molecular flexibility index (Phi) is 7.66. The minimum atomic E-state index is 0. The van der Waals surface area contributed by atoms with E-state index >= 15 is 0 Å². The largest absolute Gasteiger partial charge is 0.457 e. The van der Waals surface area contributed by atoms with Crippen molar-refractivity contribution in [2.45, 2.75) is 38.3 Å². The van der Waals surface area contributed by atoms with Crippen molar-refractivity contribution in [2.75, 3.05) is 19.6 Å². The lowest BCUT2D eigenvalue weighted by Gasteiger charge is -2.35. The number of carbonyl (C=O) groups excluding carboxylic acids is 1. The minimum Gasteiger partial charge on any atom is -0.457 e. The first-order chi connectivity index (χ1) is 13.7. The summed E-state index contributed by atoms with van der Waals surface area (Å²) in [4.78, 5) is 18.8. The van der Waals surface area contributed by atoms with Crippen molar-refractivity contribution >= 4 is 39.9 Å². The van der Waals surface area contributed by atoms with E-state index in [4.69, 9.17) is 10.2 Å². The molecule has 1 atom stereocenters. The van der Waals surface area contributed by atoms with Gasteiger partial charge in [-0.25, -0.2) is 4.98 Å². The first-order valence-electron chi connectivity index (χ1n) is 9.88. The lowest BCUT2D eigenvalue weighted by Crippen LogP contribution is -2.46. The molecule has 3 N–H and O–H groups in total. The summed E-state index contributed by atoms with van der Waals surface area (Å²) in [6.45, 7) is 2.84. The van der Waals surface area contributed by atoms with Gasteiger partial charge in [0.1, 0.15) is 5.76 Å². The first-order valence-corrected chi connectivity index (χ1v) is 10.7. The third-order valence-electron chi connectivity index (χ3n) is 5.18. The molecule has 1 fully saturated rings. The van der Waals surface area contributed by atoms with E-state index in [1.807, 2.05) is 30.3 Å². The van der Waals surface area contributed by atoms with Crippen LogP contribution in [0.2, 0.25) is 0 Å². The zero-order valence-electron chi connectivity index (χ0n) is 16.3. The molecular weight excluding hydrogens is 408 g/mol. The molecule has 0 aliphatic carbocycles. The Morgan fingerprint density at radius 3 is 2.97 bits per heavy atom. The number of fused-ring (bicyclic) bond motifs is 1. The van der Waals surface area contributed by atoms with Crippen molar-refractivity contribution < 1.29 is 9.21 Å². The Labute approximate surface area is 180 Å². The molecule has 0 bridgehead atoms. The van der Waals surface area contributed by atoms with Crippen molar-refractivity contribution in [2.24, 2.45) is 5.73 Å². The number of para-hydroxylation sites is 1. The molecule has 0 saturated carbocycles. The number of likely N-dealkylation sites (tertiary alicyclic amines) is 1. The molecule has 1 unspecified atom stereocenters. The second-order valence-electron chi connectivity index (χ2n) is 7.22. The number of rotatable bonds is 7. The van der Waals surface area contributed by atoms with Crippen LogP contribution >= 0.6 is 23.7 Å². The van der Waals surface area contributed by atoms with E-state index in [0.717, 1.165) is 41.6 Å². The summed E-state index contributed by atoms with van der Waals surface area (Å²) in [5.41, 5.74) is 6.46. The van der Waals surface area contributed by atoms with Crippen molar-refractivity contribution in [3.05, 3.63) is 42.2 Å². The second-order valence-corrected chi connectivity index (χ2v) is 8.25. The molecule has 8 heteroatoms. The number of hydrogen-bond acceptors (Lipinski definition) is 6. The van der Waals surface area contributed by atoms with Gasteiger partial charge in [0.05, 0.1) is 16.8 Å². The van der Waals surface area contributed by atoms with Crippen LogP contribution in [0.5, 0.6) is 0 Å². The standard InChI is InChI=1S/C21H26N4O2S.ClH/c22-11-10-20(26)23-13-15-5-3-4-12-25(15)14-16-8-9-18(27-16)21-24-17-6-1-2-7-19(17)28-21;/h1-2,6-9,15H,3-5,10-14,22H2,(H,23,26);1H. The van der Waals surface area contributed by atoms with Crippen molar-refractivity contribution in [3.8, 4) is 10.8 Å². The van der Waals surface area contributed by atoms with Gasteiger partial charge in [-0.2, -0.15) is 0 Å². The molecular formula is C21H27ClN4O2S. The number of halogens is 1. The zero-order valence-corrected chi connectivity index (χ0v) is 17.9. The molecule has 1 aromatic carbocycles. The summed E-state index contributed by atoms with van der Waals surface area (Å²) in [5, 5.41) is 3.93. The fourth-order valence-corrected chi connectivity index (χ4v) is 4.63. The summed E-state index contributed by atoms with van der Waals surface area (Å²) >= 11 is 1.65. The Morgan fingerprint density at radius 2 is 2.14 bits per heavy atom. The van der Waals surface area contributed by atoms with Crippen LogP contribution in [0.4, 0.5) is 0 Å². The number of carbonyl (C=O) groups is 1. The number of amides is 1. The van der Waals surface area contributed by atoms with Crippen LogP contribution in [0.15, 0.2) is 40.8 Å².